The van der Waals surface area contributed by atoms with Crippen LogP contribution < -0.4 is 15.8 Å². The molecule has 4 N–H and O–H groups in total. The summed E-state index contributed by atoms with van der Waals surface area (Å²) in [6.07, 6.45) is 5.64. The molecule has 2 amide bonds. The Morgan fingerprint density at radius 2 is 2.00 bits per heavy atom. The number of aromatic hydroxyl groups is 1. The van der Waals surface area contributed by atoms with Crippen LogP contribution in [0.1, 0.15) is 23.1 Å². The molecule has 1 heterocycles. The number of hydrogen-bond donors (Lipinski definition) is 3. The molecule has 9 nitrogen and oxygen atoms in total. The Bertz CT molecular complexity index is 1270. The third kappa shape index (κ3) is 7.72. The van der Waals surface area contributed by atoms with E-state index in [1.165, 1.54) is 6.20 Å². The summed E-state index contributed by atoms with van der Waals surface area (Å²) in [7, 11) is 1.61. The topological polar surface area (TPSA) is 130 Å². The second-order valence-electron chi connectivity index (χ2n) is 8.81. The van der Waals surface area contributed by atoms with Gasteiger partial charge in [-0.1, -0.05) is 30.0 Å². The largest absolute Gasteiger partial charge is 0.508 e. The predicted octanol–water partition coefficient (Wildman–Crippen LogP) is 3.95. The fourth-order valence-corrected chi connectivity index (χ4v) is 4.59. The van der Waals surface area contributed by atoms with Crippen LogP contribution in [0.4, 0.5) is 5.69 Å². The minimum Gasteiger partial charge on any atom is -0.508 e. The molecule has 2 aromatic carbocycles. The van der Waals surface area contributed by atoms with Gasteiger partial charge in [-0.25, -0.2) is 0 Å². The monoisotopic (exact) mass is 535 g/mol. The maximum Gasteiger partial charge on any atom is 0.264 e. The summed E-state index contributed by atoms with van der Waals surface area (Å²) in [5.41, 5.74) is 8.97. The predicted molar refractivity (Wildman–Crippen MR) is 154 cm³/mol. The summed E-state index contributed by atoms with van der Waals surface area (Å²) in [6, 6.07) is 10.8. The minimum absolute atomic E-state index is 0.0197. The Morgan fingerprint density at radius 1 is 1.26 bits per heavy atom. The molecule has 1 unspecified atom stereocenters. The van der Waals surface area contributed by atoms with Crippen molar-refractivity contribution < 1.29 is 19.4 Å². The van der Waals surface area contributed by atoms with Gasteiger partial charge in [0.2, 0.25) is 5.91 Å². The number of ether oxygens (including phenoxy) is 1. The van der Waals surface area contributed by atoms with Crippen molar-refractivity contribution in [2.75, 3.05) is 25.5 Å². The second kappa shape index (κ2) is 13.5. The zero-order chi connectivity index (χ0) is 27.7. The highest BCUT2D eigenvalue weighted by atomic mass is 32.2. The van der Waals surface area contributed by atoms with Crippen LogP contribution >= 0.6 is 11.8 Å². The van der Waals surface area contributed by atoms with E-state index in [1.807, 2.05) is 36.1 Å². The Morgan fingerprint density at radius 3 is 2.68 bits per heavy atom. The Hall–Kier alpha value is -4.05. The fourth-order valence-electron chi connectivity index (χ4n) is 3.94. The zero-order valence-electron chi connectivity index (χ0n) is 21.8. The summed E-state index contributed by atoms with van der Waals surface area (Å²) in [4.78, 5) is 35.9. The van der Waals surface area contributed by atoms with Crippen LogP contribution in [0, 0.1) is 13.8 Å². The Kier molecular flexibility index (Phi) is 10.1. The van der Waals surface area contributed by atoms with Crippen LogP contribution in [-0.4, -0.2) is 61.0 Å². The van der Waals surface area contributed by atoms with Crippen LogP contribution in [0.15, 0.2) is 68.6 Å². The molecule has 1 aliphatic rings. The number of phenolic OH excluding ortho intramolecular Hbond substituents is 1. The molecule has 200 valence electrons. The number of amides is 2. The lowest BCUT2D eigenvalue weighted by Crippen LogP contribution is -2.30. The molecule has 0 radical (unpaired) electrons. The number of aliphatic imine (C=N–C) groups is 2. The van der Waals surface area contributed by atoms with E-state index in [2.05, 4.69) is 22.0 Å². The molecular weight excluding hydrogens is 502 g/mol. The molecule has 0 spiro atoms. The van der Waals surface area contributed by atoms with Crippen LogP contribution in [0.3, 0.4) is 0 Å². The molecule has 3 rings (SSSR count). The summed E-state index contributed by atoms with van der Waals surface area (Å²) < 4.78 is 5.16. The third-order valence-corrected chi connectivity index (χ3v) is 6.99. The summed E-state index contributed by atoms with van der Waals surface area (Å²) >= 11 is 1.03. The number of allylic oxidation sites excluding steroid dienone is 1. The quantitative estimate of drug-likeness (QED) is 0.312. The molecule has 1 atom stereocenters. The number of anilines is 1. The van der Waals surface area contributed by atoms with E-state index in [9.17, 15) is 14.7 Å². The minimum atomic E-state index is -0.422. The molecule has 1 fully saturated rings. The van der Waals surface area contributed by atoms with Crippen molar-refractivity contribution in [2.24, 2.45) is 15.7 Å². The average molecular weight is 536 g/mol. The molecule has 10 heteroatoms. The van der Waals surface area contributed by atoms with Gasteiger partial charge in [-0.15, -0.1) is 0 Å². The van der Waals surface area contributed by atoms with Gasteiger partial charge in [0.15, 0.2) is 0 Å². The first-order chi connectivity index (χ1) is 18.2. The van der Waals surface area contributed by atoms with Crippen LogP contribution in [-0.2, 0) is 16.0 Å². The van der Waals surface area contributed by atoms with E-state index < -0.39 is 5.91 Å². The highest BCUT2D eigenvalue weighted by molar-refractivity contribution is 8.07. The number of phenols is 1. The molecule has 0 saturated carbocycles. The second-order valence-corrected chi connectivity index (χ2v) is 9.92. The number of nitrogens with two attached hydrogens (primary N) is 1. The fraction of sp³-hybridized carbons (Fsp3) is 0.286. The number of rotatable bonds is 10. The number of nitrogens with one attached hydrogen (secondary N) is 1. The maximum atomic E-state index is 12.9. The normalized spacial score (nSPS) is 16.1. The molecule has 0 aromatic heterocycles. The van der Waals surface area contributed by atoms with Crippen molar-refractivity contribution >= 4 is 42.2 Å². The van der Waals surface area contributed by atoms with Gasteiger partial charge >= 0.3 is 0 Å². The van der Waals surface area contributed by atoms with Crippen LogP contribution in [0.2, 0.25) is 0 Å². The highest BCUT2D eigenvalue weighted by Crippen LogP contribution is 2.30. The molecule has 1 aliphatic heterocycles. The zero-order valence-corrected chi connectivity index (χ0v) is 22.6. The lowest BCUT2D eigenvalue weighted by molar-refractivity contribution is -0.129. The summed E-state index contributed by atoms with van der Waals surface area (Å²) in [6.45, 7) is 8.19. The van der Waals surface area contributed by atoms with Crippen molar-refractivity contribution in [3.8, 4) is 11.5 Å². The lowest BCUT2D eigenvalue weighted by atomic mass is 10.1. The number of likely N-dealkylation sites (tertiary alicyclic amines) is 1. The molecule has 0 aliphatic carbocycles. The molecule has 1 saturated heterocycles. The van der Waals surface area contributed by atoms with Gasteiger partial charge in [0.1, 0.15) is 11.5 Å². The van der Waals surface area contributed by atoms with E-state index in [4.69, 9.17) is 10.5 Å². The van der Waals surface area contributed by atoms with Gasteiger partial charge < -0.3 is 25.8 Å². The van der Waals surface area contributed by atoms with E-state index >= 15 is 0 Å². The first-order valence-electron chi connectivity index (χ1n) is 12.1. The summed E-state index contributed by atoms with van der Waals surface area (Å²) in [5.74, 6) is 0.491. The van der Waals surface area contributed by atoms with Crippen molar-refractivity contribution in [3.63, 3.8) is 0 Å². The number of aryl methyl sites for hydroxylation is 1. The number of nitrogens with zero attached hydrogens (tertiary/aromatic N) is 3. The first kappa shape index (κ1) is 28.5. The number of carbonyl (C=O) groups excluding carboxylic acids is 2. The SMILES string of the molecule is C=N/C=C(\S/C(N)=C/C=NC1CCN(C(=O)Cc2ccc(OC)cc2)C1)C(=O)Nc1c(C)ccc(O)c1C. The van der Waals surface area contributed by atoms with Gasteiger partial charge in [-0.05, 0) is 62.4 Å². The number of benzene rings is 2. The van der Waals surface area contributed by atoms with E-state index in [0.29, 0.717) is 35.8 Å². The Balaban J connectivity index is 1.54. The number of hydrogen-bond acceptors (Lipinski definition) is 8. The third-order valence-electron chi connectivity index (χ3n) is 6.11. The molecular formula is C28H33N5O4S. The van der Waals surface area contributed by atoms with E-state index in [1.54, 1.807) is 38.5 Å². The lowest BCUT2D eigenvalue weighted by Gasteiger charge is -2.15. The average Bonchev–Trinajstić information content (AvgIpc) is 3.38. The standard InChI is InChI=1S/C28H33N5O4S/c1-18-5-10-23(34)19(2)27(18)32-28(36)24(16-30-3)38-25(29)11-13-31-21-12-14-33(17-21)26(35)15-20-6-8-22(37-4)9-7-20/h5-11,13,16,21,34H,3,12,14-15,17,29H2,1-2,4H3,(H,32,36)/b24-16-,25-11+,31-13?. The van der Waals surface area contributed by atoms with Crippen molar-refractivity contribution in [2.45, 2.75) is 32.7 Å². The number of methoxy groups -OCH3 is 1. The molecule has 2 aromatic rings. The van der Waals surface area contributed by atoms with Crippen molar-refractivity contribution in [1.82, 2.24) is 4.90 Å². The van der Waals surface area contributed by atoms with Crippen LogP contribution in [0.5, 0.6) is 11.5 Å². The number of thioether (sulfide) groups is 1. The van der Waals surface area contributed by atoms with Crippen molar-refractivity contribution in [3.05, 3.63) is 75.3 Å². The van der Waals surface area contributed by atoms with Crippen LogP contribution in [0.25, 0.3) is 0 Å². The van der Waals surface area contributed by atoms with Crippen molar-refractivity contribution in [1.29, 1.82) is 0 Å². The molecule has 0 bridgehead atoms. The highest BCUT2D eigenvalue weighted by Gasteiger charge is 2.25. The van der Waals surface area contributed by atoms with E-state index in [-0.39, 0.29) is 22.6 Å². The van der Waals surface area contributed by atoms with E-state index in [0.717, 1.165) is 35.1 Å². The smallest absolute Gasteiger partial charge is 0.264 e. The van der Waals surface area contributed by atoms with Gasteiger partial charge in [0.05, 0.1) is 35.2 Å². The van der Waals surface area contributed by atoms with Gasteiger partial charge in [-0.2, -0.15) is 0 Å². The Labute approximate surface area is 227 Å². The first-order valence-corrected chi connectivity index (χ1v) is 12.9. The molecule has 38 heavy (non-hydrogen) atoms. The van der Waals surface area contributed by atoms with Gasteiger partial charge in [0, 0.05) is 31.1 Å². The number of carbonyl (C=O) groups is 2. The summed E-state index contributed by atoms with van der Waals surface area (Å²) in [5, 5.41) is 13.1. The van der Waals surface area contributed by atoms with Gasteiger partial charge in [0.25, 0.3) is 5.91 Å². The van der Waals surface area contributed by atoms with Gasteiger partial charge in [-0.3, -0.25) is 19.6 Å². The maximum absolute atomic E-state index is 12.9.